The zero-order valence-corrected chi connectivity index (χ0v) is 11.1. The Balaban J connectivity index is 2.79. The van der Waals surface area contributed by atoms with Crippen molar-refractivity contribution >= 4 is 43.2 Å². The lowest BCUT2D eigenvalue weighted by Crippen LogP contribution is -2.09. The fourth-order valence-electron chi connectivity index (χ4n) is 1.01. The van der Waals surface area contributed by atoms with Gasteiger partial charge in [0, 0.05) is 14.2 Å². The molecule has 0 radical (unpaired) electrons. The molecule has 1 heterocycles. The summed E-state index contributed by atoms with van der Waals surface area (Å²) in [5.41, 5.74) is 0. The molecule has 1 aromatic rings. The second kappa shape index (κ2) is 4.53. The minimum absolute atomic E-state index is 0.657. The van der Waals surface area contributed by atoms with Gasteiger partial charge in [0.15, 0.2) is 0 Å². The van der Waals surface area contributed by atoms with Crippen molar-refractivity contribution in [3.8, 4) is 0 Å². The van der Waals surface area contributed by atoms with E-state index in [-0.39, 0.29) is 0 Å². The van der Waals surface area contributed by atoms with Crippen LogP contribution in [0.2, 0.25) is 0 Å². The van der Waals surface area contributed by atoms with E-state index in [1.165, 1.54) is 11.3 Å². The number of rotatable bonds is 2. The van der Waals surface area contributed by atoms with E-state index in [9.17, 15) is 13.2 Å². The Morgan fingerprint density at radius 1 is 1.50 bits per heavy atom. The minimum Gasteiger partial charge on any atom is -0.171 e. The van der Waals surface area contributed by atoms with Gasteiger partial charge in [-0.3, -0.25) is 0 Å². The van der Waals surface area contributed by atoms with Crippen molar-refractivity contribution in [1.29, 1.82) is 0 Å². The van der Waals surface area contributed by atoms with Gasteiger partial charge in [0.1, 0.15) is 0 Å². The smallest absolute Gasteiger partial charge is 0.171 e. The Kier molecular flexibility index (Phi) is 4.05. The molecule has 0 bridgehead atoms. The number of aryl methyl sites for hydroxylation is 1. The molecule has 1 rings (SSSR count). The number of hydrogen-bond donors (Lipinski definition) is 0. The maximum Gasteiger partial charge on any atom is 0.390 e. The van der Waals surface area contributed by atoms with Crippen LogP contribution in [-0.4, -0.2) is 6.18 Å². The lowest BCUT2D eigenvalue weighted by Gasteiger charge is -2.11. The third-order valence-corrected chi connectivity index (χ3v) is 4.70. The second-order valence-electron chi connectivity index (χ2n) is 2.86. The van der Waals surface area contributed by atoms with Crippen molar-refractivity contribution in [3.05, 3.63) is 20.3 Å². The normalized spacial score (nSPS) is 14.4. The summed E-state index contributed by atoms with van der Waals surface area (Å²) >= 11 is 7.65. The first-order chi connectivity index (χ1) is 6.29. The molecule has 1 atom stereocenters. The van der Waals surface area contributed by atoms with Crippen molar-refractivity contribution in [3.63, 3.8) is 0 Å². The van der Waals surface area contributed by atoms with Gasteiger partial charge >= 0.3 is 6.18 Å². The number of alkyl halides is 4. The maximum absolute atomic E-state index is 12.1. The fourth-order valence-corrected chi connectivity index (χ4v) is 4.12. The predicted molar refractivity (Wildman–Crippen MR) is 59.1 cm³/mol. The number of thiophene rings is 1. The van der Waals surface area contributed by atoms with E-state index in [1.807, 2.05) is 13.0 Å². The molecular formula is C8H7Br2F3S. The molecule has 6 heteroatoms. The third-order valence-electron chi connectivity index (χ3n) is 1.53. The third kappa shape index (κ3) is 3.55. The summed E-state index contributed by atoms with van der Waals surface area (Å²) in [7, 11) is 0. The first kappa shape index (κ1) is 12.5. The summed E-state index contributed by atoms with van der Waals surface area (Å²) in [5.74, 6) is 0. The Labute approximate surface area is 101 Å². The maximum atomic E-state index is 12.1. The molecule has 0 aromatic carbocycles. The quantitative estimate of drug-likeness (QED) is 0.642. The molecule has 0 saturated carbocycles. The molecule has 0 aliphatic carbocycles. The zero-order chi connectivity index (χ0) is 10.9. The molecule has 14 heavy (non-hydrogen) atoms. The second-order valence-corrected chi connectivity index (χ2v) is 6.10. The van der Waals surface area contributed by atoms with Crippen LogP contribution in [-0.2, 0) is 0 Å². The van der Waals surface area contributed by atoms with Gasteiger partial charge < -0.3 is 0 Å². The van der Waals surface area contributed by atoms with E-state index in [0.29, 0.717) is 4.88 Å². The fraction of sp³-hybridized carbons (Fsp3) is 0.500. The SMILES string of the molecule is Cc1cc(Br)c(C(Br)CC(F)(F)F)s1. The van der Waals surface area contributed by atoms with E-state index in [2.05, 4.69) is 31.9 Å². The van der Waals surface area contributed by atoms with Crippen LogP contribution in [0.3, 0.4) is 0 Å². The van der Waals surface area contributed by atoms with Gasteiger partial charge in [-0.25, -0.2) is 0 Å². The Hall–Kier alpha value is 0.450. The molecule has 0 saturated heterocycles. The summed E-state index contributed by atoms with van der Waals surface area (Å²) in [6, 6.07) is 1.82. The molecule has 0 aliphatic rings. The van der Waals surface area contributed by atoms with Gasteiger partial charge in [0.25, 0.3) is 0 Å². The molecule has 80 valence electrons. The van der Waals surface area contributed by atoms with E-state index in [1.54, 1.807) is 0 Å². The highest BCUT2D eigenvalue weighted by molar-refractivity contribution is 9.11. The van der Waals surface area contributed by atoms with Gasteiger partial charge in [0.2, 0.25) is 0 Å². The van der Waals surface area contributed by atoms with Gasteiger partial charge in [-0.2, -0.15) is 13.2 Å². The summed E-state index contributed by atoms with van der Waals surface area (Å²) in [5, 5.41) is 0. The predicted octanol–water partition coefficient (Wildman–Crippen LogP) is 5.21. The first-order valence-corrected chi connectivity index (χ1v) is 6.29. The molecule has 0 amide bonds. The van der Waals surface area contributed by atoms with Crippen molar-refractivity contribution in [1.82, 2.24) is 0 Å². The van der Waals surface area contributed by atoms with Crippen molar-refractivity contribution < 1.29 is 13.2 Å². The molecule has 1 unspecified atom stereocenters. The van der Waals surface area contributed by atoms with Gasteiger partial charge in [0.05, 0.1) is 11.2 Å². The average Bonchev–Trinajstić information content (AvgIpc) is 2.26. The molecule has 0 aliphatic heterocycles. The first-order valence-electron chi connectivity index (χ1n) is 3.76. The molecule has 0 spiro atoms. The van der Waals surface area contributed by atoms with Crippen LogP contribution in [0.15, 0.2) is 10.5 Å². The van der Waals surface area contributed by atoms with E-state index < -0.39 is 17.4 Å². The van der Waals surface area contributed by atoms with E-state index in [4.69, 9.17) is 0 Å². The van der Waals surface area contributed by atoms with Crippen LogP contribution >= 0.6 is 43.2 Å². The average molecular weight is 352 g/mol. The lowest BCUT2D eigenvalue weighted by molar-refractivity contribution is -0.134. The van der Waals surface area contributed by atoms with Gasteiger partial charge in [-0.1, -0.05) is 15.9 Å². The highest BCUT2D eigenvalue weighted by Gasteiger charge is 2.32. The summed E-state index contributed by atoms with van der Waals surface area (Å²) in [6.45, 7) is 1.87. The Bertz CT molecular complexity index is 319. The molecule has 0 fully saturated rings. The number of hydrogen-bond acceptors (Lipinski definition) is 1. The van der Waals surface area contributed by atoms with Crippen LogP contribution in [0.25, 0.3) is 0 Å². The molecule has 0 nitrogen and oxygen atoms in total. The standard InChI is InChI=1S/C8H7Br2F3S/c1-4-2-5(9)7(14-4)6(10)3-8(11,12)13/h2,6H,3H2,1H3. The zero-order valence-electron chi connectivity index (χ0n) is 7.16. The van der Waals surface area contributed by atoms with Gasteiger partial charge in [-0.05, 0) is 28.9 Å². The topological polar surface area (TPSA) is 0 Å². The molecule has 0 N–H and O–H groups in total. The lowest BCUT2D eigenvalue weighted by atomic mass is 10.2. The van der Waals surface area contributed by atoms with Crippen LogP contribution in [0.4, 0.5) is 13.2 Å². The summed E-state index contributed by atoms with van der Waals surface area (Å²) < 4.78 is 37.0. The van der Waals surface area contributed by atoms with Crippen LogP contribution < -0.4 is 0 Å². The minimum atomic E-state index is -4.13. The monoisotopic (exact) mass is 350 g/mol. The van der Waals surface area contributed by atoms with Gasteiger partial charge in [-0.15, -0.1) is 11.3 Å². The number of halogens is 5. The highest BCUT2D eigenvalue weighted by Crippen LogP contribution is 2.42. The van der Waals surface area contributed by atoms with Crippen LogP contribution in [0.1, 0.15) is 21.0 Å². The Morgan fingerprint density at radius 2 is 2.07 bits per heavy atom. The van der Waals surface area contributed by atoms with Crippen molar-refractivity contribution in [2.45, 2.75) is 24.3 Å². The van der Waals surface area contributed by atoms with Crippen LogP contribution in [0, 0.1) is 6.92 Å². The summed E-state index contributed by atoms with van der Waals surface area (Å²) in [4.78, 5) is 1.04. The Morgan fingerprint density at radius 3 is 2.43 bits per heavy atom. The van der Waals surface area contributed by atoms with E-state index in [0.717, 1.165) is 9.35 Å². The summed E-state index contributed by atoms with van der Waals surface area (Å²) in [6.07, 6.45) is -4.98. The highest BCUT2D eigenvalue weighted by atomic mass is 79.9. The van der Waals surface area contributed by atoms with Crippen LogP contribution in [0.5, 0.6) is 0 Å². The molecule has 1 aromatic heterocycles. The largest absolute Gasteiger partial charge is 0.390 e. The van der Waals surface area contributed by atoms with Crippen molar-refractivity contribution in [2.75, 3.05) is 0 Å². The van der Waals surface area contributed by atoms with Crippen molar-refractivity contribution in [2.24, 2.45) is 0 Å². The van der Waals surface area contributed by atoms with E-state index >= 15 is 0 Å². The molecular weight excluding hydrogens is 345 g/mol.